The van der Waals surface area contributed by atoms with Crippen LogP contribution in [-0.4, -0.2) is 15.4 Å². The number of nitrogens with zero attached hydrogens (tertiary/aromatic N) is 2. The Morgan fingerprint density at radius 1 is 1.09 bits per heavy atom. The summed E-state index contributed by atoms with van der Waals surface area (Å²) < 4.78 is 7.44. The molecule has 3 rings (SSSR count). The highest BCUT2D eigenvalue weighted by atomic mass is 16.3. The molecule has 4 heteroatoms. The number of amides is 1. The van der Waals surface area contributed by atoms with Gasteiger partial charge in [0.05, 0.1) is 19.4 Å². The van der Waals surface area contributed by atoms with Crippen LogP contribution in [0.15, 0.2) is 65.4 Å². The summed E-state index contributed by atoms with van der Waals surface area (Å²) in [6, 6.07) is 15.4. The second-order valence-electron chi connectivity index (χ2n) is 5.72. The Kier molecular flexibility index (Phi) is 4.33. The first-order chi connectivity index (χ1) is 11.1. The first-order valence-electron chi connectivity index (χ1n) is 7.62. The van der Waals surface area contributed by atoms with Crippen LogP contribution in [0.2, 0.25) is 0 Å². The molecule has 0 bridgehead atoms. The molecule has 0 saturated heterocycles. The summed E-state index contributed by atoms with van der Waals surface area (Å²) in [6.45, 7) is 3.00. The zero-order valence-corrected chi connectivity index (χ0v) is 13.4. The minimum Gasteiger partial charge on any atom is -0.467 e. The summed E-state index contributed by atoms with van der Waals surface area (Å²) in [5, 5.41) is 0. The monoisotopic (exact) mass is 308 g/mol. The van der Waals surface area contributed by atoms with Crippen LogP contribution in [0, 0.1) is 6.92 Å². The quantitative estimate of drug-likeness (QED) is 0.719. The zero-order chi connectivity index (χ0) is 16.2. The molecular formula is C19H20N2O2. The van der Waals surface area contributed by atoms with Gasteiger partial charge in [0.1, 0.15) is 5.76 Å². The topological polar surface area (TPSA) is 38.4 Å². The molecule has 0 aliphatic rings. The Morgan fingerprint density at radius 3 is 2.48 bits per heavy atom. The van der Waals surface area contributed by atoms with E-state index >= 15 is 0 Å². The molecule has 118 valence electrons. The lowest BCUT2D eigenvalue weighted by Gasteiger charge is -2.22. The van der Waals surface area contributed by atoms with Crippen molar-refractivity contribution in [3.05, 3.63) is 83.6 Å². The molecule has 0 aliphatic heterocycles. The smallest absolute Gasteiger partial charge is 0.254 e. The SMILES string of the molecule is Cc1ccc(C(=O)N(Cc2ccco2)Cc2cccn2C)cc1. The molecule has 1 amide bonds. The van der Waals surface area contributed by atoms with E-state index in [0.717, 1.165) is 17.0 Å². The molecule has 1 aromatic carbocycles. The Morgan fingerprint density at radius 2 is 1.87 bits per heavy atom. The second-order valence-corrected chi connectivity index (χ2v) is 5.72. The van der Waals surface area contributed by atoms with Crippen LogP contribution in [0.4, 0.5) is 0 Å². The Balaban J connectivity index is 1.85. The highest BCUT2D eigenvalue weighted by molar-refractivity contribution is 5.94. The van der Waals surface area contributed by atoms with Gasteiger partial charge in [-0.25, -0.2) is 0 Å². The molecule has 2 aromatic heterocycles. The number of carbonyl (C=O) groups excluding carboxylic acids is 1. The minimum atomic E-state index is 0.00241. The van der Waals surface area contributed by atoms with Gasteiger partial charge >= 0.3 is 0 Å². The van der Waals surface area contributed by atoms with Crippen LogP contribution in [0.25, 0.3) is 0 Å². The lowest BCUT2D eigenvalue weighted by molar-refractivity contribution is 0.0714. The number of hydrogen-bond acceptors (Lipinski definition) is 2. The van der Waals surface area contributed by atoms with E-state index in [2.05, 4.69) is 0 Å². The fraction of sp³-hybridized carbons (Fsp3) is 0.211. The average molecular weight is 308 g/mol. The fourth-order valence-corrected chi connectivity index (χ4v) is 2.53. The molecule has 3 aromatic rings. The van der Waals surface area contributed by atoms with Crippen LogP contribution in [-0.2, 0) is 20.1 Å². The third-order valence-corrected chi connectivity index (χ3v) is 3.92. The summed E-state index contributed by atoms with van der Waals surface area (Å²) in [7, 11) is 1.98. The Hall–Kier alpha value is -2.75. The first-order valence-corrected chi connectivity index (χ1v) is 7.62. The lowest BCUT2D eigenvalue weighted by Crippen LogP contribution is -2.30. The molecule has 0 atom stereocenters. The van der Waals surface area contributed by atoms with Crippen LogP contribution in [0.3, 0.4) is 0 Å². The normalized spacial score (nSPS) is 10.7. The van der Waals surface area contributed by atoms with Gasteiger partial charge in [0.2, 0.25) is 0 Å². The maximum absolute atomic E-state index is 12.9. The first kappa shape index (κ1) is 15.2. The predicted octanol–water partition coefficient (Wildman–Crippen LogP) is 3.77. The van der Waals surface area contributed by atoms with Crippen LogP contribution >= 0.6 is 0 Å². The molecule has 0 N–H and O–H groups in total. The highest BCUT2D eigenvalue weighted by Gasteiger charge is 2.18. The highest BCUT2D eigenvalue weighted by Crippen LogP contribution is 2.15. The molecule has 4 nitrogen and oxygen atoms in total. The average Bonchev–Trinajstić information content (AvgIpc) is 3.19. The number of rotatable bonds is 5. The van der Waals surface area contributed by atoms with E-state index in [-0.39, 0.29) is 5.91 Å². The maximum Gasteiger partial charge on any atom is 0.254 e. The van der Waals surface area contributed by atoms with Gasteiger partial charge in [-0.2, -0.15) is 0 Å². The van der Waals surface area contributed by atoms with Gasteiger partial charge in [-0.15, -0.1) is 0 Å². The van der Waals surface area contributed by atoms with Gasteiger partial charge in [-0.3, -0.25) is 4.79 Å². The zero-order valence-electron chi connectivity index (χ0n) is 13.4. The predicted molar refractivity (Wildman–Crippen MR) is 88.9 cm³/mol. The standard InChI is InChI=1S/C19H20N2O2/c1-15-7-9-16(10-8-15)19(22)21(14-18-6-4-12-23-18)13-17-5-3-11-20(17)2/h3-12H,13-14H2,1-2H3. The number of benzene rings is 1. The van der Waals surface area contributed by atoms with Crippen molar-refractivity contribution in [1.82, 2.24) is 9.47 Å². The number of aromatic nitrogens is 1. The van der Waals surface area contributed by atoms with Crippen molar-refractivity contribution in [1.29, 1.82) is 0 Å². The van der Waals surface area contributed by atoms with E-state index in [1.807, 2.05) is 73.3 Å². The van der Waals surface area contributed by atoms with Crippen LogP contribution in [0.1, 0.15) is 27.4 Å². The third kappa shape index (κ3) is 3.54. The minimum absolute atomic E-state index is 0.00241. The fourth-order valence-electron chi connectivity index (χ4n) is 2.53. The molecular weight excluding hydrogens is 288 g/mol. The molecule has 0 unspecified atom stereocenters. The van der Waals surface area contributed by atoms with E-state index < -0.39 is 0 Å². The second kappa shape index (κ2) is 6.57. The van der Waals surface area contributed by atoms with Crippen molar-refractivity contribution in [2.75, 3.05) is 0 Å². The summed E-state index contributed by atoms with van der Waals surface area (Å²) in [6.07, 6.45) is 3.61. The van der Waals surface area contributed by atoms with E-state index in [4.69, 9.17) is 4.42 Å². The van der Waals surface area contributed by atoms with Crippen molar-refractivity contribution in [2.45, 2.75) is 20.0 Å². The molecule has 0 spiro atoms. The summed E-state index contributed by atoms with van der Waals surface area (Å²) >= 11 is 0. The maximum atomic E-state index is 12.9. The van der Waals surface area contributed by atoms with Crippen LogP contribution < -0.4 is 0 Å². The van der Waals surface area contributed by atoms with Crippen LogP contribution in [0.5, 0.6) is 0 Å². The molecule has 23 heavy (non-hydrogen) atoms. The van der Waals surface area contributed by atoms with E-state index in [1.54, 1.807) is 11.2 Å². The number of hydrogen-bond donors (Lipinski definition) is 0. The largest absolute Gasteiger partial charge is 0.467 e. The molecule has 0 fully saturated rings. The van der Waals surface area contributed by atoms with Crippen molar-refractivity contribution < 1.29 is 9.21 Å². The van der Waals surface area contributed by atoms with Crippen molar-refractivity contribution in [2.24, 2.45) is 7.05 Å². The number of carbonyl (C=O) groups is 1. The summed E-state index contributed by atoms with van der Waals surface area (Å²) in [5.41, 5.74) is 2.91. The molecule has 0 radical (unpaired) electrons. The third-order valence-electron chi connectivity index (χ3n) is 3.92. The molecule has 2 heterocycles. The Labute approximate surface area is 136 Å². The van der Waals surface area contributed by atoms with Gasteiger partial charge in [-0.1, -0.05) is 17.7 Å². The lowest BCUT2D eigenvalue weighted by atomic mass is 10.1. The van der Waals surface area contributed by atoms with Crippen molar-refractivity contribution in [3.63, 3.8) is 0 Å². The Bertz CT molecular complexity index is 770. The van der Waals surface area contributed by atoms with Crippen molar-refractivity contribution in [3.8, 4) is 0 Å². The summed E-state index contributed by atoms with van der Waals surface area (Å²) in [4.78, 5) is 14.7. The van der Waals surface area contributed by atoms with E-state index in [9.17, 15) is 4.79 Å². The number of furan rings is 1. The van der Waals surface area contributed by atoms with Crippen molar-refractivity contribution >= 4 is 5.91 Å². The summed E-state index contributed by atoms with van der Waals surface area (Å²) in [5.74, 6) is 0.780. The van der Waals surface area contributed by atoms with E-state index in [1.165, 1.54) is 0 Å². The van der Waals surface area contributed by atoms with Gasteiger partial charge in [0.15, 0.2) is 0 Å². The van der Waals surface area contributed by atoms with Gasteiger partial charge in [0, 0.05) is 24.5 Å². The number of aryl methyl sites for hydroxylation is 2. The molecule has 0 aliphatic carbocycles. The van der Waals surface area contributed by atoms with Gasteiger partial charge in [0.25, 0.3) is 5.91 Å². The molecule has 0 saturated carbocycles. The van der Waals surface area contributed by atoms with Gasteiger partial charge < -0.3 is 13.9 Å². The van der Waals surface area contributed by atoms with Gasteiger partial charge in [-0.05, 0) is 43.3 Å². The van der Waals surface area contributed by atoms with E-state index in [0.29, 0.717) is 18.7 Å².